The Labute approximate surface area is 175 Å². The molecule has 1 saturated heterocycles. The molecule has 1 spiro atoms. The minimum atomic E-state index is -0.627. The van der Waals surface area contributed by atoms with E-state index in [0.717, 1.165) is 5.69 Å². The standard InChI is InChI=1S/C22H19FN4O4/c1-26-16-7-25-15-5-14(23)17(12-3-4-13(8-29-2)24-6-12)20-18(15)19(16)27(21(26)28)22(11-31-20)9-30-10-22/h3-7H,8-11H2,1-2H3. The van der Waals surface area contributed by atoms with Crippen molar-refractivity contribution in [3.05, 3.63) is 52.6 Å². The minimum absolute atomic E-state index is 0.166. The smallest absolute Gasteiger partial charge is 0.329 e. The van der Waals surface area contributed by atoms with E-state index < -0.39 is 11.4 Å². The summed E-state index contributed by atoms with van der Waals surface area (Å²) in [5.41, 5.74) is 2.63. The van der Waals surface area contributed by atoms with E-state index in [9.17, 15) is 4.79 Å². The summed E-state index contributed by atoms with van der Waals surface area (Å²) in [4.78, 5) is 22.0. The zero-order valence-electron chi connectivity index (χ0n) is 17.0. The van der Waals surface area contributed by atoms with Gasteiger partial charge in [-0.25, -0.2) is 9.18 Å². The maximum absolute atomic E-state index is 15.4. The van der Waals surface area contributed by atoms with Gasteiger partial charge in [0.05, 0.1) is 59.2 Å². The number of pyridine rings is 2. The van der Waals surface area contributed by atoms with Crippen molar-refractivity contribution in [3.8, 4) is 16.9 Å². The van der Waals surface area contributed by atoms with Crippen LogP contribution in [-0.2, 0) is 28.7 Å². The molecule has 31 heavy (non-hydrogen) atoms. The van der Waals surface area contributed by atoms with Crippen LogP contribution in [-0.4, -0.2) is 46.0 Å². The average Bonchev–Trinajstić information content (AvgIpc) is 2.90. The summed E-state index contributed by atoms with van der Waals surface area (Å²) >= 11 is 0. The van der Waals surface area contributed by atoms with Gasteiger partial charge < -0.3 is 14.2 Å². The molecular formula is C22H19FN4O4. The number of imidazole rings is 1. The Morgan fingerprint density at radius 2 is 2.06 bits per heavy atom. The zero-order chi connectivity index (χ0) is 21.3. The Kier molecular flexibility index (Phi) is 3.78. The maximum atomic E-state index is 15.4. The Morgan fingerprint density at radius 3 is 2.74 bits per heavy atom. The van der Waals surface area contributed by atoms with Crippen molar-refractivity contribution >= 4 is 21.9 Å². The third kappa shape index (κ3) is 2.38. The monoisotopic (exact) mass is 422 g/mol. The predicted octanol–water partition coefficient (Wildman–Crippen LogP) is 2.35. The molecule has 0 atom stereocenters. The molecule has 3 aromatic heterocycles. The molecule has 5 heterocycles. The highest BCUT2D eigenvalue weighted by Gasteiger charge is 2.46. The number of methoxy groups -OCH3 is 1. The van der Waals surface area contributed by atoms with Crippen LogP contribution in [0.3, 0.4) is 0 Å². The Morgan fingerprint density at radius 1 is 1.23 bits per heavy atom. The molecule has 2 aliphatic heterocycles. The van der Waals surface area contributed by atoms with E-state index in [1.165, 1.54) is 6.07 Å². The first-order valence-corrected chi connectivity index (χ1v) is 9.92. The van der Waals surface area contributed by atoms with Gasteiger partial charge in [0.25, 0.3) is 0 Å². The lowest BCUT2D eigenvalue weighted by Gasteiger charge is -2.40. The Bertz CT molecular complexity index is 1420. The minimum Gasteiger partial charge on any atom is -0.489 e. The van der Waals surface area contributed by atoms with Gasteiger partial charge in [0.15, 0.2) is 0 Å². The molecule has 0 radical (unpaired) electrons. The number of hydrogen-bond donors (Lipinski definition) is 0. The number of aromatic nitrogens is 4. The summed E-state index contributed by atoms with van der Waals surface area (Å²) in [7, 11) is 3.31. The van der Waals surface area contributed by atoms with Crippen LogP contribution >= 0.6 is 0 Å². The molecule has 0 saturated carbocycles. The number of hydrogen-bond acceptors (Lipinski definition) is 6. The van der Waals surface area contributed by atoms with Crippen LogP contribution < -0.4 is 10.4 Å². The van der Waals surface area contributed by atoms with E-state index in [-0.39, 0.29) is 12.3 Å². The van der Waals surface area contributed by atoms with Gasteiger partial charge in [-0.2, -0.15) is 0 Å². The molecule has 4 aromatic rings. The summed E-state index contributed by atoms with van der Waals surface area (Å²) in [6.45, 7) is 1.28. The fourth-order valence-corrected chi connectivity index (χ4v) is 4.57. The second-order valence-electron chi connectivity index (χ2n) is 8.10. The third-order valence-corrected chi connectivity index (χ3v) is 6.19. The molecule has 1 fully saturated rings. The number of fused-ring (bicyclic) bond motifs is 1. The van der Waals surface area contributed by atoms with E-state index in [2.05, 4.69) is 9.97 Å². The van der Waals surface area contributed by atoms with Gasteiger partial charge in [-0.3, -0.25) is 19.1 Å². The van der Waals surface area contributed by atoms with Gasteiger partial charge in [-0.05, 0) is 6.07 Å². The first kappa shape index (κ1) is 18.5. The number of ether oxygens (including phenoxy) is 3. The summed E-state index contributed by atoms with van der Waals surface area (Å²) in [6, 6.07) is 4.98. The Balaban J connectivity index is 1.70. The van der Waals surface area contributed by atoms with Gasteiger partial charge in [-0.15, -0.1) is 0 Å². The van der Waals surface area contributed by atoms with Crippen molar-refractivity contribution in [1.82, 2.24) is 19.1 Å². The Hall–Kier alpha value is -3.30. The lowest BCUT2D eigenvalue weighted by Crippen LogP contribution is -2.58. The summed E-state index contributed by atoms with van der Waals surface area (Å²) < 4.78 is 35.5. The van der Waals surface area contributed by atoms with Crippen molar-refractivity contribution in [1.29, 1.82) is 0 Å². The van der Waals surface area contributed by atoms with E-state index >= 15 is 4.39 Å². The maximum Gasteiger partial charge on any atom is 0.329 e. The van der Waals surface area contributed by atoms with Gasteiger partial charge in [0.1, 0.15) is 23.7 Å². The number of rotatable bonds is 3. The highest BCUT2D eigenvalue weighted by molar-refractivity contribution is 6.09. The van der Waals surface area contributed by atoms with E-state index in [0.29, 0.717) is 58.6 Å². The largest absolute Gasteiger partial charge is 0.489 e. The van der Waals surface area contributed by atoms with Crippen molar-refractivity contribution in [2.45, 2.75) is 12.1 Å². The zero-order valence-corrected chi connectivity index (χ0v) is 17.0. The molecule has 6 rings (SSSR count). The SMILES string of the molecule is COCc1ccc(-c2c(F)cc3ncc4c5c3c2OCC2(COC2)n5c(=O)n4C)cn1. The fraction of sp³-hybridized carbons (Fsp3) is 0.318. The van der Waals surface area contributed by atoms with Crippen LogP contribution in [0.5, 0.6) is 5.75 Å². The summed E-state index contributed by atoms with van der Waals surface area (Å²) in [6.07, 6.45) is 3.22. The molecule has 0 bridgehead atoms. The second kappa shape index (κ2) is 6.35. The van der Waals surface area contributed by atoms with E-state index in [1.54, 1.807) is 47.8 Å². The van der Waals surface area contributed by atoms with Gasteiger partial charge >= 0.3 is 5.69 Å². The molecule has 0 aliphatic carbocycles. The summed E-state index contributed by atoms with van der Waals surface area (Å²) in [5.74, 6) is -0.0844. The van der Waals surface area contributed by atoms with Crippen molar-refractivity contribution in [3.63, 3.8) is 0 Å². The second-order valence-corrected chi connectivity index (χ2v) is 8.10. The number of benzene rings is 1. The van der Waals surface area contributed by atoms with Crippen LogP contribution in [0.15, 0.2) is 35.4 Å². The highest BCUT2D eigenvalue weighted by atomic mass is 19.1. The topological polar surface area (TPSA) is 80.4 Å². The van der Waals surface area contributed by atoms with Crippen molar-refractivity contribution < 1.29 is 18.6 Å². The molecule has 0 unspecified atom stereocenters. The molecule has 2 aliphatic rings. The first-order valence-electron chi connectivity index (χ1n) is 9.92. The fourth-order valence-electron chi connectivity index (χ4n) is 4.57. The van der Waals surface area contributed by atoms with Gasteiger partial charge in [0.2, 0.25) is 0 Å². The molecular weight excluding hydrogens is 403 g/mol. The van der Waals surface area contributed by atoms with E-state index in [4.69, 9.17) is 14.2 Å². The van der Waals surface area contributed by atoms with Gasteiger partial charge in [0, 0.05) is 32.0 Å². The van der Waals surface area contributed by atoms with Crippen LogP contribution in [0.25, 0.3) is 33.1 Å². The van der Waals surface area contributed by atoms with Crippen molar-refractivity contribution in [2.24, 2.45) is 7.05 Å². The third-order valence-electron chi connectivity index (χ3n) is 6.19. The molecule has 8 nitrogen and oxygen atoms in total. The molecule has 0 N–H and O–H groups in total. The molecule has 158 valence electrons. The normalized spacial score (nSPS) is 16.6. The van der Waals surface area contributed by atoms with Crippen LogP contribution in [0.1, 0.15) is 5.69 Å². The first-order chi connectivity index (χ1) is 15.0. The molecule has 9 heteroatoms. The number of aryl methyl sites for hydroxylation is 1. The highest BCUT2D eigenvalue weighted by Crippen LogP contribution is 2.45. The van der Waals surface area contributed by atoms with Crippen LogP contribution in [0.2, 0.25) is 0 Å². The molecule has 0 amide bonds. The van der Waals surface area contributed by atoms with Crippen LogP contribution in [0.4, 0.5) is 4.39 Å². The van der Waals surface area contributed by atoms with E-state index in [1.807, 2.05) is 0 Å². The molecule has 1 aromatic carbocycles. The lowest BCUT2D eigenvalue weighted by molar-refractivity contribution is -0.118. The van der Waals surface area contributed by atoms with Gasteiger partial charge in [-0.1, -0.05) is 6.07 Å². The van der Waals surface area contributed by atoms with Crippen LogP contribution in [0, 0.1) is 5.82 Å². The summed E-state index contributed by atoms with van der Waals surface area (Å²) in [5, 5.41) is 0.622. The van der Waals surface area contributed by atoms with Crippen molar-refractivity contribution in [2.75, 3.05) is 26.9 Å². The average molecular weight is 422 g/mol. The number of halogens is 1. The number of nitrogens with zero attached hydrogens (tertiary/aromatic N) is 4. The predicted molar refractivity (Wildman–Crippen MR) is 111 cm³/mol. The quantitative estimate of drug-likeness (QED) is 0.504. The lowest BCUT2D eigenvalue weighted by atomic mass is 9.98.